The maximum Gasteiger partial charge on any atom is 0.137 e. The molecular weight excluding hydrogens is 358 g/mol. The number of rotatable bonds is 4. The van der Waals surface area contributed by atoms with Crippen molar-refractivity contribution >= 4 is 5.65 Å². The van der Waals surface area contributed by atoms with E-state index in [2.05, 4.69) is 64.0 Å². The molecule has 1 aliphatic rings. The highest BCUT2D eigenvalue weighted by Crippen LogP contribution is 2.31. The molecule has 1 saturated heterocycles. The van der Waals surface area contributed by atoms with Crippen molar-refractivity contribution in [1.29, 1.82) is 0 Å². The van der Waals surface area contributed by atoms with Crippen molar-refractivity contribution in [2.45, 2.75) is 25.3 Å². The van der Waals surface area contributed by atoms with Crippen molar-refractivity contribution < 1.29 is 5.11 Å². The normalized spacial score (nSPS) is 15.7. The third kappa shape index (κ3) is 3.64. The average Bonchev–Trinajstić information content (AvgIpc) is 3.14. The van der Waals surface area contributed by atoms with Crippen LogP contribution in [0.1, 0.15) is 30.0 Å². The molecule has 146 valence electrons. The predicted molar refractivity (Wildman–Crippen MR) is 116 cm³/mol. The van der Waals surface area contributed by atoms with Gasteiger partial charge in [-0.2, -0.15) is 0 Å². The molecule has 0 bridgehead atoms. The number of hydrogen-bond acceptors (Lipinski definition) is 3. The summed E-state index contributed by atoms with van der Waals surface area (Å²) in [6.07, 6.45) is 4.40. The molecule has 5 rings (SSSR count). The molecule has 4 aromatic rings. The Morgan fingerprint density at radius 1 is 0.862 bits per heavy atom. The summed E-state index contributed by atoms with van der Waals surface area (Å²) < 4.78 is 2.23. The number of imidazole rings is 1. The average molecular weight is 383 g/mol. The number of phenolic OH excluding ortho intramolecular Hbond substituents is 1. The minimum atomic E-state index is 0.340. The van der Waals surface area contributed by atoms with Crippen LogP contribution in [0.2, 0.25) is 0 Å². The molecule has 0 atom stereocenters. The van der Waals surface area contributed by atoms with E-state index < -0.39 is 0 Å². The van der Waals surface area contributed by atoms with Crippen molar-refractivity contribution in [3.63, 3.8) is 0 Å². The van der Waals surface area contributed by atoms with Crippen LogP contribution in [0.25, 0.3) is 16.9 Å². The van der Waals surface area contributed by atoms with Crippen molar-refractivity contribution in [2.75, 3.05) is 13.1 Å². The number of hydrogen-bond donors (Lipinski definition) is 1. The number of aromatic hydroxyl groups is 1. The molecule has 0 amide bonds. The fourth-order valence-corrected chi connectivity index (χ4v) is 4.41. The van der Waals surface area contributed by atoms with Gasteiger partial charge in [0.2, 0.25) is 0 Å². The number of aromatic nitrogens is 2. The SMILES string of the molecule is Oc1ccc(C2CCN(Cc3c(-c4ccccc4)nc4ccccn34)CC2)cc1. The van der Waals surface area contributed by atoms with Crippen LogP contribution in [0.3, 0.4) is 0 Å². The van der Waals surface area contributed by atoms with Crippen LogP contribution < -0.4 is 0 Å². The predicted octanol–water partition coefficient (Wildman–Crippen LogP) is 5.09. The maximum atomic E-state index is 9.53. The third-order valence-electron chi connectivity index (χ3n) is 6.00. The van der Waals surface area contributed by atoms with Gasteiger partial charge in [-0.15, -0.1) is 0 Å². The van der Waals surface area contributed by atoms with E-state index in [4.69, 9.17) is 4.98 Å². The fourth-order valence-electron chi connectivity index (χ4n) is 4.41. The zero-order valence-electron chi connectivity index (χ0n) is 16.4. The smallest absolute Gasteiger partial charge is 0.137 e. The van der Waals surface area contributed by atoms with Crippen LogP contribution in [-0.4, -0.2) is 32.5 Å². The first-order valence-corrected chi connectivity index (χ1v) is 10.3. The second-order valence-corrected chi connectivity index (χ2v) is 7.84. The molecule has 2 aromatic heterocycles. The molecule has 0 unspecified atom stereocenters. The lowest BCUT2D eigenvalue weighted by atomic mass is 9.89. The van der Waals surface area contributed by atoms with Gasteiger partial charge in [0.1, 0.15) is 11.4 Å². The Bertz CT molecular complexity index is 1090. The lowest BCUT2D eigenvalue weighted by molar-refractivity contribution is 0.202. The number of phenols is 1. The van der Waals surface area contributed by atoms with E-state index in [1.807, 2.05) is 12.1 Å². The molecule has 3 heterocycles. The number of fused-ring (bicyclic) bond motifs is 1. The zero-order valence-corrected chi connectivity index (χ0v) is 16.4. The second kappa shape index (κ2) is 7.72. The molecule has 1 aliphatic heterocycles. The molecule has 0 aliphatic carbocycles. The standard InChI is InChI=1S/C25H25N3O/c29-22-11-9-19(10-12-22)20-13-16-27(17-14-20)18-23-25(21-6-2-1-3-7-21)26-24-8-4-5-15-28(23)24/h1-12,15,20,29H,13-14,16-18H2. The molecule has 4 nitrogen and oxygen atoms in total. The maximum absolute atomic E-state index is 9.53. The summed E-state index contributed by atoms with van der Waals surface area (Å²) in [5.74, 6) is 0.912. The first kappa shape index (κ1) is 18.0. The topological polar surface area (TPSA) is 40.8 Å². The van der Waals surface area contributed by atoms with Crippen LogP contribution >= 0.6 is 0 Å². The number of nitrogens with zero attached hydrogens (tertiary/aromatic N) is 3. The number of piperidine rings is 1. The minimum absolute atomic E-state index is 0.340. The van der Waals surface area contributed by atoms with Gasteiger partial charge in [-0.05, 0) is 61.7 Å². The number of likely N-dealkylation sites (tertiary alicyclic amines) is 1. The lowest BCUT2D eigenvalue weighted by Crippen LogP contribution is -2.33. The van der Waals surface area contributed by atoms with Gasteiger partial charge in [-0.25, -0.2) is 4.98 Å². The largest absolute Gasteiger partial charge is 0.508 e. The Hall–Kier alpha value is -3.11. The van der Waals surface area contributed by atoms with E-state index in [0.29, 0.717) is 11.7 Å². The highest BCUT2D eigenvalue weighted by atomic mass is 16.3. The summed E-state index contributed by atoms with van der Waals surface area (Å²) in [6.45, 7) is 3.04. The highest BCUT2D eigenvalue weighted by Gasteiger charge is 2.23. The summed E-state index contributed by atoms with van der Waals surface area (Å²) in [4.78, 5) is 7.47. The van der Waals surface area contributed by atoms with Gasteiger partial charge in [-0.1, -0.05) is 48.5 Å². The molecule has 1 N–H and O–H groups in total. The van der Waals surface area contributed by atoms with Crippen LogP contribution in [0.15, 0.2) is 79.0 Å². The van der Waals surface area contributed by atoms with E-state index in [0.717, 1.165) is 43.8 Å². The highest BCUT2D eigenvalue weighted by molar-refractivity contribution is 5.66. The van der Waals surface area contributed by atoms with E-state index >= 15 is 0 Å². The second-order valence-electron chi connectivity index (χ2n) is 7.84. The fraction of sp³-hybridized carbons (Fsp3) is 0.240. The molecule has 0 radical (unpaired) electrons. The van der Waals surface area contributed by atoms with Crippen molar-refractivity contribution in [3.05, 3.63) is 90.3 Å². The quantitative estimate of drug-likeness (QED) is 0.534. The Morgan fingerprint density at radius 2 is 1.59 bits per heavy atom. The summed E-state index contributed by atoms with van der Waals surface area (Å²) >= 11 is 0. The molecule has 1 fully saturated rings. The van der Waals surface area contributed by atoms with Crippen LogP contribution in [0.4, 0.5) is 0 Å². The monoisotopic (exact) mass is 383 g/mol. The van der Waals surface area contributed by atoms with Crippen LogP contribution in [0.5, 0.6) is 5.75 Å². The van der Waals surface area contributed by atoms with Crippen molar-refractivity contribution in [2.24, 2.45) is 0 Å². The molecule has 0 spiro atoms. The molecule has 2 aromatic carbocycles. The molecular formula is C25H25N3O. The van der Waals surface area contributed by atoms with E-state index in [1.54, 1.807) is 12.1 Å². The number of pyridine rings is 1. The zero-order chi connectivity index (χ0) is 19.6. The Kier molecular flexibility index (Phi) is 4.78. The van der Waals surface area contributed by atoms with Crippen LogP contribution in [-0.2, 0) is 6.54 Å². The lowest BCUT2D eigenvalue weighted by Gasteiger charge is -2.32. The van der Waals surface area contributed by atoms with Gasteiger partial charge in [0.25, 0.3) is 0 Å². The molecule has 0 saturated carbocycles. The molecule has 29 heavy (non-hydrogen) atoms. The third-order valence-corrected chi connectivity index (χ3v) is 6.00. The number of benzene rings is 2. The minimum Gasteiger partial charge on any atom is -0.508 e. The summed E-state index contributed by atoms with van der Waals surface area (Å²) in [6, 6.07) is 24.4. The van der Waals surface area contributed by atoms with Gasteiger partial charge < -0.3 is 9.51 Å². The first-order valence-electron chi connectivity index (χ1n) is 10.3. The Balaban J connectivity index is 1.38. The Labute approximate surface area is 171 Å². The van der Waals surface area contributed by atoms with Crippen molar-refractivity contribution in [1.82, 2.24) is 14.3 Å². The molecule has 4 heteroatoms. The van der Waals surface area contributed by atoms with E-state index in [9.17, 15) is 5.11 Å². The van der Waals surface area contributed by atoms with Crippen molar-refractivity contribution in [3.8, 4) is 17.0 Å². The van der Waals surface area contributed by atoms with E-state index in [1.165, 1.54) is 16.8 Å². The first-order chi connectivity index (χ1) is 14.3. The van der Waals surface area contributed by atoms with Gasteiger partial charge in [0.05, 0.1) is 11.4 Å². The van der Waals surface area contributed by atoms with Crippen LogP contribution in [0, 0.1) is 0 Å². The van der Waals surface area contributed by atoms with Gasteiger partial charge in [0, 0.05) is 18.3 Å². The summed E-state index contributed by atoms with van der Waals surface area (Å²) in [5, 5.41) is 9.53. The Morgan fingerprint density at radius 3 is 2.34 bits per heavy atom. The van der Waals surface area contributed by atoms with Gasteiger partial charge in [-0.3, -0.25) is 4.90 Å². The van der Waals surface area contributed by atoms with Gasteiger partial charge >= 0.3 is 0 Å². The van der Waals surface area contributed by atoms with E-state index in [-0.39, 0.29) is 0 Å². The summed E-state index contributed by atoms with van der Waals surface area (Å²) in [7, 11) is 0. The van der Waals surface area contributed by atoms with Gasteiger partial charge in [0.15, 0.2) is 0 Å². The summed E-state index contributed by atoms with van der Waals surface area (Å²) in [5.41, 5.74) is 5.85.